The fourth-order valence-electron chi connectivity index (χ4n) is 0.623. The van der Waals surface area contributed by atoms with Crippen LogP contribution in [-0.2, 0) is 0 Å². The largest absolute Gasteiger partial charge is 0.395 e. The van der Waals surface area contributed by atoms with E-state index in [-0.39, 0.29) is 25.3 Å². The standard InChI is InChI=1S/C6H16N2O2/c1-5(3-9)8(7)6(2)4-10/h5-6,9-10H,3-4,7H2,1-2H3. The molecule has 10 heavy (non-hydrogen) atoms. The predicted octanol–water partition coefficient (Wildman–Crippen LogP) is -1.08. The van der Waals surface area contributed by atoms with E-state index in [2.05, 4.69) is 0 Å². The van der Waals surface area contributed by atoms with Crippen LogP contribution in [0, 0.1) is 0 Å². The molecule has 62 valence electrons. The Labute approximate surface area is 61.2 Å². The summed E-state index contributed by atoms with van der Waals surface area (Å²) >= 11 is 0. The van der Waals surface area contributed by atoms with Gasteiger partial charge < -0.3 is 10.2 Å². The number of aliphatic hydroxyl groups excluding tert-OH is 2. The number of aliphatic hydroxyl groups is 2. The van der Waals surface area contributed by atoms with E-state index >= 15 is 0 Å². The van der Waals surface area contributed by atoms with E-state index in [4.69, 9.17) is 16.1 Å². The maximum absolute atomic E-state index is 8.65. The molecule has 4 heteroatoms. The summed E-state index contributed by atoms with van der Waals surface area (Å²) in [5, 5.41) is 18.7. The van der Waals surface area contributed by atoms with E-state index < -0.39 is 0 Å². The topological polar surface area (TPSA) is 69.7 Å². The van der Waals surface area contributed by atoms with E-state index in [1.165, 1.54) is 5.01 Å². The Bertz CT molecular complexity index is 79.8. The fourth-order valence-corrected chi connectivity index (χ4v) is 0.623. The van der Waals surface area contributed by atoms with Crippen LogP contribution in [0.5, 0.6) is 0 Å². The SMILES string of the molecule is CC(CO)N(N)C(C)CO. The van der Waals surface area contributed by atoms with Crippen LogP contribution < -0.4 is 5.84 Å². The Morgan fingerprint density at radius 1 is 1.20 bits per heavy atom. The molecule has 0 spiro atoms. The molecule has 0 aromatic heterocycles. The van der Waals surface area contributed by atoms with Gasteiger partial charge in [0.05, 0.1) is 13.2 Å². The molecular weight excluding hydrogens is 132 g/mol. The summed E-state index contributed by atoms with van der Waals surface area (Å²) in [4.78, 5) is 0. The first-order chi connectivity index (χ1) is 4.63. The highest BCUT2D eigenvalue weighted by Gasteiger charge is 2.13. The van der Waals surface area contributed by atoms with Gasteiger partial charge in [0.25, 0.3) is 0 Å². The monoisotopic (exact) mass is 148 g/mol. The molecule has 0 saturated heterocycles. The van der Waals surface area contributed by atoms with E-state index in [0.29, 0.717) is 0 Å². The predicted molar refractivity (Wildman–Crippen MR) is 39.1 cm³/mol. The molecule has 0 amide bonds. The van der Waals surface area contributed by atoms with Crippen molar-refractivity contribution in [1.82, 2.24) is 5.01 Å². The van der Waals surface area contributed by atoms with Crippen molar-refractivity contribution in [3.8, 4) is 0 Å². The van der Waals surface area contributed by atoms with Crippen molar-refractivity contribution in [2.24, 2.45) is 5.84 Å². The van der Waals surface area contributed by atoms with Gasteiger partial charge in [0.15, 0.2) is 0 Å². The summed E-state index contributed by atoms with van der Waals surface area (Å²) < 4.78 is 0. The first-order valence-electron chi connectivity index (χ1n) is 3.38. The quantitative estimate of drug-likeness (QED) is 0.350. The molecule has 0 radical (unpaired) electrons. The normalized spacial score (nSPS) is 17.4. The van der Waals surface area contributed by atoms with Crippen molar-refractivity contribution >= 4 is 0 Å². The van der Waals surface area contributed by atoms with E-state index in [9.17, 15) is 0 Å². The highest BCUT2D eigenvalue weighted by molar-refractivity contribution is 4.65. The number of hydrogen-bond acceptors (Lipinski definition) is 4. The zero-order valence-corrected chi connectivity index (χ0v) is 6.49. The summed E-state index contributed by atoms with van der Waals surface area (Å²) in [5.74, 6) is 5.50. The second-order valence-corrected chi connectivity index (χ2v) is 2.51. The van der Waals surface area contributed by atoms with E-state index in [1.807, 2.05) is 0 Å². The second-order valence-electron chi connectivity index (χ2n) is 2.51. The molecule has 2 atom stereocenters. The smallest absolute Gasteiger partial charge is 0.0598 e. The average Bonchev–Trinajstić information content (AvgIpc) is 2.00. The number of nitrogens with zero attached hydrogens (tertiary/aromatic N) is 1. The Hall–Kier alpha value is -0.160. The lowest BCUT2D eigenvalue weighted by Gasteiger charge is -2.27. The molecule has 0 aliphatic rings. The first-order valence-corrected chi connectivity index (χ1v) is 3.38. The molecule has 0 aromatic carbocycles. The lowest BCUT2D eigenvalue weighted by atomic mass is 10.2. The van der Waals surface area contributed by atoms with Crippen LogP contribution in [-0.4, -0.2) is 40.5 Å². The lowest BCUT2D eigenvalue weighted by Crippen LogP contribution is -2.48. The van der Waals surface area contributed by atoms with Gasteiger partial charge in [-0.25, -0.2) is 5.01 Å². The van der Waals surface area contributed by atoms with Crippen molar-refractivity contribution in [1.29, 1.82) is 0 Å². The van der Waals surface area contributed by atoms with Crippen molar-refractivity contribution in [3.05, 3.63) is 0 Å². The molecule has 0 aromatic rings. The minimum atomic E-state index is -0.0952. The van der Waals surface area contributed by atoms with Gasteiger partial charge in [0.2, 0.25) is 0 Å². The average molecular weight is 148 g/mol. The third-order valence-corrected chi connectivity index (χ3v) is 1.55. The minimum absolute atomic E-state index is 0.0147. The van der Waals surface area contributed by atoms with Gasteiger partial charge in [0.1, 0.15) is 0 Å². The van der Waals surface area contributed by atoms with Crippen molar-refractivity contribution in [2.75, 3.05) is 13.2 Å². The van der Waals surface area contributed by atoms with Crippen LogP contribution in [0.1, 0.15) is 13.8 Å². The van der Waals surface area contributed by atoms with Gasteiger partial charge in [-0.2, -0.15) is 0 Å². The van der Waals surface area contributed by atoms with Crippen LogP contribution in [0.2, 0.25) is 0 Å². The molecule has 0 saturated carbocycles. The molecule has 4 nitrogen and oxygen atoms in total. The third-order valence-electron chi connectivity index (χ3n) is 1.55. The number of hydrazine groups is 1. The van der Waals surface area contributed by atoms with Crippen molar-refractivity contribution in [2.45, 2.75) is 25.9 Å². The number of nitrogens with two attached hydrogens (primary N) is 1. The zero-order valence-electron chi connectivity index (χ0n) is 6.49. The molecular formula is C6H16N2O2. The minimum Gasteiger partial charge on any atom is -0.395 e. The maximum Gasteiger partial charge on any atom is 0.0598 e. The third kappa shape index (κ3) is 2.62. The van der Waals surface area contributed by atoms with Crippen LogP contribution in [0.3, 0.4) is 0 Å². The van der Waals surface area contributed by atoms with Gasteiger partial charge >= 0.3 is 0 Å². The summed E-state index contributed by atoms with van der Waals surface area (Å²) in [7, 11) is 0. The lowest BCUT2D eigenvalue weighted by molar-refractivity contribution is 0.0684. The maximum atomic E-state index is 8.65. The first kappa shape index (κ1) is 9.84. The Morgan fingerprint density at radius 2 is 1.50 bits per heavy atom. The van der Waals surface area contributed by atoms with Gasteiger partial charge in [0, 0.05) is 12.1 Å². The molecule has 0 heterocycles. The van der Waals surface area contributed by atoms with Crippen molar-refractivity contribution < 1.29 is 10.2 Å². The van der Waals surface area contributed by atoms with Crippen LogP contribution in [0.25, 0.3) is 0 Å². The van der Waals surface area contributed by atoms with E-state index in [0.717, 1.165) is 0 Å². The highest BCUT2D eigenvalue weighted by atomic mass is 16.3. The molecule has 4 N–H and O–H groups in total. The van der Waals surface area contributed by atoms with Crippen LogP contribution in [0.15, 0.2) is 0 Å². The second kappa shape index (κ2) is 4.62. The molecule has 0 aliphatic heterocycles. The summed E-state index contributed by atoms with van der Waals surface area (Å²) in [5.41, 5.74) is 0. The van der Waals surface area contributed by atoms with Gasteiger partial charge in [-0.15, -0.1) is 0 Å². The molecule has 0 fully saturated rings. The molecule has 0 bridgehead atoms. The van der Waals surface area contributed by atoms with E-state index in [1.54, 1.807) is 13.8 Å². The van der Waals surface area contributed by atoms with Gasteiger partial charge in [-0.05, 0) is 13.8 Å². The van der Waals surface area contributed by atoms with Crippen LogP contribution >= 0.6 is 0 Å². The summed E-state index contributed by atoms with van der Waals surface area (Å²) in [6.07, 6.45) is 0. The molecule has 2 unspecified atom stereocenters. The summed E-state index contributed by atoms with van der Waals surface area (Å²) in [6, 6.07) is -0.190. The zero-order chi connectivity index (χ0) is 8.15. The Kier molecular flexibility index (Phi) is 4.55. The fraction of sp³-hybridized carbons (Fsp3) is 1.00. The Morgan fingerprint density at radius 3 is 1.70 bits per heavy atom. The van der Waals surface area contributed by atoms with Gasteiger partial charge in [-0.1, -0.05) is 0 Å². The number of hydrogen-bond donors (Lipinski definition) is 3. The molecule has 0 aliphatic carbocycles. The van der Waals surface area contributed by atoms with Gasteiger partial charge in [-0.3, -0.25) is 5.84 Å². The summed E-state index contributed by atoms with van der Waals surface area (Å²) in [6.45, 7) is 3.62. The van der Waals surface area contributed by atoms with Crippen molar-refractivity contribution in [3.63, 3.8) is 0 Å². The number of rotatable bonds is 4. The highest BCUT2D eigenvalue weighted by Crippen LogP contribution is 1.96. The molecule has 0 rings (SSSR count). The Balaban J connectivity index is 3.69. The van der Waals surface area contributed by atoms with Crippen LogP contribution in [0.4, 0.5) is 0 Å².